The Bertz CT molecular complexity index is 592. The maximum Gasteiger partial charge on any atom is 0.273 e. The van der Waals surface area contributed by atoms with Crippen LogP contribution in [0, 0.1) is 0 Å². The Labute approximate surface area is 96.5 Å². The van der Waals surface area contributed by atoms with Crippen LogP contribution in [-0.4, -0.2) is 26.6 Å². The number of nitrogens with one attached hydrogen (secondary N) is 3. The van der Waals surface area contributed by atoms with Crippen molar-refractivity contribution in [2.75, 3.05) is 0 Å². The molecule has 1 aliphatic heterocycles. The Kier molecular flexibility index (Phi) is 2.11. The van der Waals surface area contributed by atoms with E-state index in [-0.39, 0.29) is 5.91 Å². The number of hydrogen-bond acceptors (Lipinski definition) is 3. The van der Waals surface area contributed by atoms with E-state index in [4.69, 9.17) is 0 Å². The molecule has 0 radical (unpaired) electrons. The van der Waals surface area contributed by atoms with E-state index in [1.807, 2.05) is 12.1 Å². The van der Waals surface area contributed by atoms with Crippen LogP contribution in [0.15, 0.2) is 41.4 Å². The van der Waals surface area contributed by atoms with Gasteiger partial charge in [0.25, 0.3) is 5.91 Å². The molecule has 0 atom stereocenters. The largest absolute Gasteiger partial charge is 0.362 e. The Hall–Kier alpha value is -2.63. The lowest BCUT2D eigenvalue weighted by molar-refractivity contribution is -0.116. The maximum absolute atomic E-state index is 11.7. The van der Waals surface area contributed by atoms with Crippen LogP contribution in [0.1, 0.15) is 11.5 Å². The summed E-state index contributed by atoms with van der Waals surface area (Å²) in [5, 5.41) is 3.96. The predicted molar refractivity (Wildman–Crippen MR) is 62.0 cm³/mol. The van der Waals surface area contributed by atoms with Crippen molar-refractivity contribution in [1.82, 2.24) is 20.4 Å². The summed E-state index contributed by atoms with van der Waals surface area (Å²) < 4.78 is 0. The van der Waals surface area contributed by atoms with Crippen molar-refractivity contribution in [3.8, 4) is 0 Å². The molecule has 3 heterocycles. The van der Waals surface area contributed by atoms with Crippen LogP contribution in [0.2, 0.25) is 0 Å². The average molecular weight is 227 g/mol. The van der Waals surface area contributed by atoms with E-state index in [1.54, 1.807) is 24.7 Å². The summed E-state index contributed by atoms with van der Waals surface area (Å²) in [6.45, 7) is 0. The van der Waals surface area contributed by atoms with Crippen molar-refractivity contribution in [1.29, 1.82) is 0 Å². The molecule has 0 aromatic carbocycles. The number of imidazole rings is 1. The van der Waals surface area contributed by atoms with Gasteiger partial charge < -0.3 is 9.97 Å². The van der Waals surface area contributed by atoms with Gasteiger partial charge in [0.15, 0.2) is 5.82 Å². The van der Waals surface area contributed by atoms with Gasteiger partial charge in [-0.25, -0.2) is 10.4 Å². The lowest BCUT2D eigenvalue weighted by Gasteiger charge is -1.96. The summed E-state index contributed by atoms with van der Waals surface area (Å²) in [5.41, 5.74) is 4.28. The van der Waals surface area contributed by atoms with Gasteiger partial charge in [-0.15, -0.1) is 0 Å². The predicted octanol–water partition coefficient (Wildman–Crippen LogP) is 0.655. The summed E-state index contributed by atoms with van der Waals surface area (Å²) in [5.74, 6) is 0.340. The third kappa shape index (κ3) is 1.65. The minimum atomic E-state index is -0.231. The number of H-pyrrole nitrogens is 2. The Morgan fingerprint density at radius 3 is 2.88 bits per heavy atom. The summed E-state index contributed by atoms with van der Waals surface area (Å²) in [7, 11) is 0. The van der Waals surface area contributed by atoms with Crippen molar-refractivity contribution in [2.45, 2.75) is 0 Å². The lowest BCUT2D eigenvalue weighted by atomic mass is 10.1. The number of aromatic amines is 2. The number of carbonyl (C=O) groups excluding carboxylic acids is 1. The van der Waals surface area contributed by atoms with E-state index in [9.17, 15) is 4.79 Å². The highest BCUT2D eigenvalue weighted by Crippen LogP contribution is 2.14. The van der Waals surface area contributed by atoms with Crippen molar-refractivity contribution < 1.29 is 4.79 Å². The molecule has 3 rings (SSSR count). The number of amides is 1. The zero-order chi connectivity index (χ0) is 11.7. The van der Waals surface area contributed by atoms with E-state index >= 15 is 0 Å². The van der Waals surface area contributed by atoms with Crippen molar-refractivity contribution in [3.63, 3.8) is 0 Å². The van der Waals surface area contributed by atoms with Gasteiger partial charge in [0, 0.05) is 24.3 Å². The molecule has 6 heteroatoms. The monoisotopic (exact) mass is 227 g/mol. The molecule has 0 fully saturated rings. The Morgan fingerprint density at radius 1 is 1.24 bits per heavy atom. The molecule has 2 aromatic rings. The standard InChI is InChI=1S/C11H9N5O/c17-11-8(6-7-2-1-3-12-7)9(15-16-11)10-13-4-5-14-10/h1-6,12H,(H,13,14)(H,16,17). The third-order valence-electron chi connectivity index (χ3n) is 2.41. The molecule has 17 heavy (non-hydrogen) atoms. The molecular weight excluding hydrogens is 218 g/mol. The number of carbonyl (C=O) groups is 1. The number of hydrazone groups is 1. The highest BCUT2D eigenvalue weighted by atomic mass is 16.2. The Morgan fingerprint density at radius 2 is 2.18 bits per heavy atom. The first-order valence-corrected chi connectivity index (χ1v) is 5.08. The molecule has 0 saturated carbocycles. The molecule has 0 saturated heterocycles. The van der Waals surface area contributed by atoms with E-state index in [1.165, 1.54) is 0 Å². The molecule has 0 aliphatic carbocycles. The van der Waals surface area contributed by atoms with Crippen LogP contribution >= 0.6 is 0 Å². The van der Waals surface area contributed by atoms with Crippen LogP contribution in [0.25, 0.3) is 6.08 Å². The first-order chi connectivity index (χ1) is 8.34. The van der Waals surface area contributed by atoms with Gasteiger partial charge in [-0.05, 0) is 18.2 Å². The molecule has 6 nitrogen and oxygen atoms in total. The molecule has 3 N–H and O–H groups in total. The highest BCUT2D eigenvalue weighted by molar-refractivity contribution is 6.32. The Balaban J connectivity index is 2.03. The minimum absolute atomic E-state index is 0.231. The fourth-order valence-corrected chi connectivity index (χ4v) is 1.63. The number of rotatable bonds is 2. The van der Waals surface area contributed by atoms with Crippen LogP contribution < -0.4 is 5.43 Å². The molecule has 0 spiro atoms. The second-order valence-electron chi connectivity index (χ2n) is 3.52. The van der Waals surface area contributed by atoms with Gasteiger partial charge in [0.05, 0.1) is 5.57 Å². The summed E-state index contributed by atoms with van der Waals surface area (Å²) in [4.78, 5) is 21.7. The van der Waals surface area contributed by atoms with Gasteiger partial charge in [-0.2, -0.15) is 5.10 Å². The van der Waals surface area contributed by atoms with Gasteiger partial charge in [-0.3, -0.25) is 4.79 Å². The second-order valence-corrected chi connectivity index (χ2v) is 3.52. The maximum atomic E-state index is 11.7. The molecule has 0 unspecified atom stereocenters. The smallest absolute Gasteiger partial charge is 0.273 e. The number of aromatic nitrogens is 3. The quantitative estimate of drug-likeness (QED) is 0.658. The van der Waals surface area contributed by atoms with E-state index in [0.29, 0.717) is 17.1 Å². The topological polar surface area (TPSA) is 85.9 Å². The van der Waals surface area contributed by atoms with Gasteiger partial charge in [-0.1, -0.05) is 0 Å². The SMILES string of the molecule is O=C1NN=C(c2ncc[nH]2)C1=Cc1ccc[nH]1. The highest BCUT2D eigenvalue weighted by Gasteiger charge is 2.25. The first kappa shape index (κ1) is 9.59. The van der Waals surface area contributed by atoms with Gasteiger partial charge >= 0.3 is 0 Å². The number of hydrogen-bond donors (Lipinski definition) is 3. The third-order valence-corrected chi connectivity index (χ3v) is 2.41. The number of nitrogens with zero attached hydrogens (tertiary/aromatic N) is 2. The van der Waals surface area contributed by atoms with E-state index in [0.717, 1.165) is 5.69 Å². The molecule has 1 aliphatic rings. The summed E-state index contributed by atoms with van der Waals surface area (Å²) >= 11 is 0. The zero-order valence-electron chi connectivity index (χ0n) is 8.77. The first-order valence-electron chi connectivity index (χ1n) is 5.08. The molecule has 1 amide bonds. The van der Waals surface area contributed by atoms with E-state index in [2.05, 4.69) is 25.5 Å². The molecule has 2 aromatic heterocycles. The molecular formula is C11H9N5O. The van der Waals surface area contributed by atoms with Crippen molar-refractivity contribution >= 4 is 17.7 Å². The fourth-order valence-electron chi connectivity index (χ4n) is 1.63. The van der Waals surface area contributed by atoms with Crippen LogP contribution in [0.3, 0.4) is 0 Å². The molecule has 0 bridgehead atoms. The van der Waals surface area contributed by atoms with Gasteiger partial charge in [0.1, 0.15) is 5.71 Å². The average Bonchev–Trinajstić information content (AvgIpc) is 3.03. The normalized spacial score (nSPS) is 17.3. The summed E-state index contributed by atoms with van der Waals surface area (Å²) in [6, 6.07) is 3.74. The van der Waals surface area contributed by atoms with Crippen LogP contribution in [0.5, 0.6) is 0 Å². The van der Waals surface area contributed by atoms with Crippen LogP contribution in [0.4, 0.5) is 0 Å². The lowest BCUT2D eigenvalue weighted by Crippen LogP contribution is -2.14. The molecule has 84 valence electrons. The van der Waals surface area contributed by atoms with Gasteiger partial charge in [0.2, 0.25) is 0 Å². The van der Waals surface area contributed by atoms with E-state index < -0.39 is 0 Å². The van der Waals surface area contributed by atoms with Crippen molar-refractivity contribution in [3.05, 3.63) is 47.8 Å². The second kappa shape index (κ2) is 3.75. The minimum Gasteiger partial charge on any atom is -0.362 e. The van der Waals surface area contributed by atoms with Crippen molar-refractivity contribution in [2.24, 2.45) is 5.10 Å². The fraction of sp³-hybridized carbons (Fsp3) is 0. The zero-order valence-corrected chi connectivity index (χ0v) is 8.77. The summed E-state index contributed by atoms with van der Waals surface area (Å²) in [6.07, 6.45) is 6.84. The van der Waals surface area contributed by atoms with Crippen LogP contribution in [-0.2, 0) is 4.79 Å².